The molecule has 0 bridgehead atoms. The van der Waals surface area contributed by atoms with E-state index in [0.717, 1.165) is 18.8 Å². The van der Waals surface area contributed by atoms with Gasteiger partial charge in [-0.05, 0) is 51.5 Å². The molecule has 1 aromatic heterocycles. The van der Waals surface area contributed by atoms with Crippen LogP contribution in [0.15, 0.2) is 29.4 Å². The highest BCUT2D eigenvalue weighted by molar-refractivity contribution is 8.00. The number of aryl methyl sites for hydroxylation is 1. The normalized spacial score (nSPS) is 12.0. The standard InChI is InChI=1S/C18H24N4O3S/c1-12(23)15-6-8-16(9-7-15)19-17(24)13(2)26-18-21-20-14(3)22(18)10-5-11-25-4/h6-9,13H,5,10-11H2,1-4H3,(H,19,24). The van der Waals surface area contributed by atoms with Gasteiger partial charge < -0.3 is 14.6 Å². The lowest BCUT2D eigenvalue weighted by Gasteiger charge is -2.13. The van der Waals surface area contributed by atoms with Crippen molar-refractivity contribution in [2.45, 2.75) is 44.1 Å². The van der Waals surface area contributed by atoms with Gasteiger partial charge in [-0.15, -0.1) is 10.2 Å². The highest BCUT2D eigenvalue weighted by Gasteiger charge is 2.19. The number of carbonyl (C=O) groups excluding carboxylic acids is 2. The number of hydrogen-bond acceptors (Lipinski definition) is 6. The highest BCUT2D eigenvalue weighted by Crippen LogP contribution is 2.23. The number of amides is 1. The Labute approximate surface area is 157 Å². The molecule has 1 aromatic carbocycles. The van der Waals surface area contributed by atoms with Crippen molar-refractivity contribution in [2.24, 2.45) is 0 Å². The maximum atomic E-state index is 12.4. The van der Waals surface area contributed by atoms with Crippen LogP contribution in [0.4, 0.5) is 5.69 Å². The van der Waals surface area contributed by atoms with E-state index in [1.54, 1.807) is 31.4 Å². The Morgan fingerprint density at radius 1 is 1.27 bits per heavy atom. The zero-order valence-electron chi connectivity index (χ0n) is 15.5. The fourth-order valence-corrected chi connectivity index (χ4v) is 3.24. The second-order valence-electron chi connectivity index (χ2n) is 5.91. The van der Waals surface area contributed by atoms with Gasteiger partial charge in [-0.2, -0.15) is 0 Å². The van der Waals surface area contributed by atoms with Crippen LogP contribution in [0.2, 0.25) is 0 Å². The maximum Gasteiger partial charge on any atom is 0.237 e. The number of rotatable bonds is 9. The van der Waals surface area contributed by atoms with Crippen molar-refractivity contribution < 1.29 is 14.3 Å². The zero-order chi connectivity index (χ0) is 19.1. The molecule has 0 aliphatic heterocycles. The molecule has 1 heterocycles. The van der Waals surface area contributed by atoms with Crippen molar-refractivity contribution >= 4 is 29.1 Å². The molecule has 26 heavy (non-hydrogen) atoms. The number of methoxy groups -OCH3 is 1. The topological polar surface area (TPSA) is 86.1 Å². The second kappa shape index (κ2) is 9.49. The van der Waals surface area contributed by atoms with Gasteiger partial charge in [0, 0.05) is 31.5 Å². The van der Waals surface area contributed by atoms with Gasteiger partial charge in [-0.25, -0.2) is 0 Å². The van der Waals surface area contributed by atoms with Crippen molar-refractivity contribution in [3.63, 3.8) is 0 Å². The fourth-order valence-electron chi connectivity index (χ4n) is 2.32. The molecule has 0 aliphatic carbocycles. The predicted molar refractivity (Wildman–Crippen MR) is 102 cm³/mol. The summed E-state index contributed by atoms with van der Waals surface area (Å²) in [7, 11) is 1.67. The van der Waals surface area contributed by atoms with Crippen LogP contribution in [0, 0.1) is 6.92 Å². The van der Waals surface area contributed by atoms with Gasteiger partial charge in [0.15, 0.2) is 10.9 Å². The van der Waals surface area contributed by atoms with Gasteiger partial charge in [-0.3, -0.25) is 9.59 Å². The lowest BCUT2D eigenvalue weighted by molar-refractivity contribution is -0.115. The van der Waals surface area contributed by atoms with Gasteiger partial charge in [-0.1, -0.05) is 11.8 Å². The third kappa shape index (κ3) is 5.40. The molecule has 0 fully saturated rings. The molecule has 8 heteroatoms. The first-order valence-electron chi connectivity index (χ1n) is 8.39. The smallest absolute Gasteiger partial charge is 0.237 e. The fraction of sp³-hybridized carbons (Fsp3) is 0.444. The molecule has 140 valence electrons. The summed E-state index contributed by atoms with van der Waals surface area (Å²) < 4.78 is 7.08. The van der Waals surface area contributed by atoms with Crippen molar-refractivity contribution in [1.29, 1.82) is 0 Å². The highest BCUT2D eigenvalue weighted by atomic mass is 32.2. The van der Waals surface area contributed by atoms with Crippen molar-refractivity contribution in [3.05, 3.63) is 35.7 Å². The third-order valence-corrected chi connectivity index (χ3v) is 4.92. The summed E-state index contributed by atoms with van der Waals surface area (Å²) >= 11 is 1.37. The number of thioether (sulfide) groups is 1. The predicted octanol–water partition coefficient (Wildman–Crippen LogP) is 2.94. The summed E-state index contributed by atoms with van der Waals surface area (Å²) in [6.07, 6.45) is 0.853. The Hall–Kier alpha value is -2.19. The van der Waals surface area contributed by atoms with E-state index in [1.165, 1.54) is 18.7 Å². The summed E-state index contributed by atoms with van der Waals surface area (Å²) in [4.78, 5) is 23.7. The molecule has 2 rings (SSSR count). The van der Waals surface area contributed by atoms with Crippen LogP contribution >= 0.6 is 11.8 Å². The van der Waals surface area contributed by atoms with Crippen LogP contribution in [0.25, 0.3) is 0 Å². The molecule has 0 saturated carbocycles. The van der Waals surface area contributed by atoms with E-state index in [2.05, 4.69) is 15.5 Å². The Kier molecular flexibility index (Phi) is 7.35. The van der Waals surface area contributed by atoms with E-state index in [0.29, 0.717) is 23.0 Å². The summed E-state index contributed by atoms with van der Waals surface area (Å²) in [5.74, 6) is 0.681. The van der Waals surface area contributed by atoms with Gasteiger partial charge in [0.25, 0.3) is 0 Å². The lowest BCUT2D eigenvalue weighted by Crippen LogP contribution is -2.23. The number of nitrogens with zero attached hydrogens (tertiary/aromatic N) is 3. The van der Waals surface area contributed by atoms with Crippen LogP contribution < -0.4 is 5.32 Å². The molecule has 1 N–H and O–H groups in total. The molecule has 1 unspecified atom stereocenters. The summed E-state index contributed by atoms with van der Waals surface area (Å²) in [5, 5.41) is 11.5. The van der Waals surface area contributed by atoms with Gasteiger partial charge in [0.05, 0.1) is 5.25 Å². The number of ketones is 1. The van der Waals surface area contributed by atoms with E-state index >= 15 is 0 Å². The number of Topliss-reactive ketones (excluding diaryl/α,β-unsaturated/α-hetero) is 1. The number of nitrogens with one attached hydrogen (secondary N) is 1. The molecule has 0 aliphatic rings. The first-order chi connectivity index (χ1) is 12.4. The number of carbonyl (C=O) groups is 2. The minimum atomic E-state index is -0.341. The number of benzene rings is 1. The third-order valence-electron chi connectivity index (χ3n) is 3.84. The van der Waals surface area contributed by atoms with E-state index in [1.807, 2.05) is 18.4 Å². The van der Waals surface area contributed by atoms with Gasteiger partial charge >= 0.3 is 0 Å². The SMILES string of the molecule is COCCCn1c(C)nnc1SC(C)C(=O)Nc1ccc(C(C)=O)cc1. The molecular weight excluding hydrogens is 352 g/mol. The summed E-state index contributed by atoms with van der Waals surface area (Å²) in [5.41, 5.74) is 1.27. The summed E-state index contributed by atoms with van der Waals surface area (Å²) in [6, 6.07) is 6.85. The average molecular weight is 376 g/mol. The quantitative estimate of drug-likeness (QED) is 0.411. The maximum absolute atomic E-state index is 12.4. The molecule has 0 radical (unpaired) electrons. The largest absolute Gasteiger partial charge is 0.385 e. The Morgan fingerprint density at radius 3 is 2.58 bits per heavy atom. The molecule has 0 spiro atoms. The number of ether oxygens (including phenoxy) is 1. The molecule has 1 atom stereocenters. The Balaban J connectivity index is 1.97. The van der Waals surface area contributed by atoms with E-state index in [-0.39, 0.29) is 16.9 Å². The molecular formula is C18H24N4O3S. The molecule has 2 aromatic rings. The monoisotopic (exact) mass is 376 g/mol. The first kappa shape index (κ1) is 20.1. The summed E-state index contributed by atoms with van der Waals surface area (Å²) in [6.45, 7) is 6.64. The number of hydrogen-bond donors (Lipinski definition) is 1. The second-order valence-corrected chi connectivity index (χ2v) is 7.22. The number of aromatic nitrogens is 3. The van der Waals surface area contributed by atoms with Crippen LogP contribution in [0.1, 0.15) is 36.5 Å². The van der Waals surface area contributed by atoms with Crippen molar-refractivity contribution in [2.75, 3.05) is 19.0 Å². The Bertz CT molecular complexity index is 758. The first-order valence-corrected chi connectivity index (χ1v) is 9.27. The van der Waals surface area contributed by atoms with Crippen molar-refractivity contribution in [3.8, 4) is 0 Å². The molecule has 1 amide bonds. The van der Waals surface area contributed by atoms with Crippen molar-refractivity contribution in [1.82, 2.24) is 14.8 Å². The van der Waals surface area contributed by atoms with Crippen LogP contribution in [0.5, 0.6) is 0 Å². The molecule has 7 nitrogen and oxygen atoms in total. The van der Waals surface area contributed by atoms with E-state index in [4.69, 9.17) is 4.74 Å². The van der Waals surface area contributed by atoms with Gasteiger partial charge in [0.2, 0.25) is 5.91 Å². The van der Waals surface area contributed by atoms with E-state index < -0.39 is 0 Å². The van der Waals surface area contributed by atoms with Crippen LogP contribution in [-0.4, -0.2) is 45.4 Å². The van der Waals surface area contributed by atoms with Crippen LogP contribution in [-0.2, 0) is 16.1 Å². The lowest BCUT2D eigenvalue weighted by atomic mass is 10.1. The zero-order valence-corrected chi connectivity index (χ0v) is 16.3. The Morgan fingerprint density at radius 2 is 1.96 bits per heavy atom. The minimum absolute atomic E-state index is 0.00465. The van der Waals surface area contributed by atoms with E-state index in [9.17, 15) is 9.59 Å². The van der Waals surface area contributed by atoms with Gasteiger partial charge in [0.1, 0.15) is 5.82 Å². The molecule has 0 saturated heterocycles. The van der Waals surface area contributed by atoms with Crippen LogP contribution in [0.3, 0.4) is 0 Å². The average Bonchev–Trinajstić information content (AvgIpc) is 2.95. The minimum Gasteiger partial charge on any atom is -0.385 e. The number of anilines is 1.